The first-order valence-electron chi connectivity index (χ1n) is 7.86. The molecular formula is C17H20BrN5O. The molecule has 126 valence electrons. The highest BCUT2D eigenvalue weighted by Gasteiger charge is 2.20. The van der Waals surface area contributed by atoms with Crippen LogP contribution in [0.2, 0.25) is 0 Å². The summed E-state index contributed by atoms with van der Waals surface area (Å²) < 4.78 is 0.948. The van der Waals surface area contributed by atoms with E-state index < -0.39 is 0 Å². The lowest BCUT2D eigenvalue weighted by molar-refractivity contribution is 0.0663. The Kier molecular flexibility index (Phi) is 5.11. The monoisotopic (exact) mass is 389 g/mol. The third kappa shape index (κ3) is 3.91. The molecule has 1 amide bonds. The van der Waals surface area contributed by atoms with Crippen LogP contribution in [0.1, 0.15) is 15.9 Å². The van der Waals surface area contributed by atoms with E-state index in [-0.39, 0.29) is 5.91 Å². The molecule has 0 unspecified atom stereocenters. The Labute approximate surface area is 150 Å². The highest BCUT2D eigenvalue weighted by atomic mass is 79.9. The van der Waals surface area contributed by atoms with Crippen molar-refractivity contribution in [2.45, 2.75) is 6.92 Å². The lowest BCUT2D eigenvalue weighted by atomic mass is 10.2. The van der Waals surface area contributed by atoms with Crippen molar-refractivity contribution in [2.75, 3.05) is 38.5 Å². The molecule has 3 rings (SSSR count). The summed E-state index contributed by atoms with van der Waals surface area (Å²) in [6.45, 7) is 5.31. The molecule has 6 nitrogen and oxygen atoms in total. The Hall–Kier alpha value is -1.99. The van der Waals surface area contributed by atoms with Crippen molar-refractivity contribution in [3.8, 4) is 0 Å². The van der Waals surface area contributed by atoms with Crippen LogP contribution < -0.4 is 5.32 Å². The Bertz CT molecular complexity index is 726. The van der Waals surface area contributed by atoms with Crippen molar-refractivity contribution < 1.29 is 4.79 Å². The first-order valence-corrected chi connectivity index (χ1v) is 8.65. The average Bonchev–Trinajstić information content (AvgIpc) is 2.58. The number of likely N-dealkylation sites (N-methyl/N-ethyl adjacent to an activating group) is 1. The van der Waals surface area contributed by atoms with Crippen LogP contribution in [-0.4, -0.2) is 58.9 Å². The number of hydrogen-bond acceptors (Lipinski definition) is 5. The minimum Gasteiger partial charge on any atom is -0.336 e. The van der Waals surface area contributed by atoms with Crippen molar-refractivity contribution in [1.82, 2.24) is 19.8 Å². The van der Waals surface area contributed by atoms with E-state index in [1.807, 2.05) is 30.0 Å². The summed E-state index contributed by atoms with van der Waals surface area (Å²) in [6, 6.07) is 6.00. The summed E-state index contributed by atoms with van der Waals surface area (Å²) in [5.74, 6) is 0.459. The number of piperazine rings is 1. The fraction of sp³-hybridized carbons (Fsp3) is 0.353. The number of halogens is 1. The van der Waals surface area contributed by atoms with Crippen LogP contribution >= 0.6 is 15.9 Å². The minimum atomic E-state index is -0.00818. The normalized spacial score (nSPS) is 15.4. The first kappa shape index (κ1) is 16.9. The van der Waals surface area contributed by atoms with Crippen molar-refractivity contribution in [3.05, 3.63) is 46.2 Å². The summed E-state index contributed by atoms with van der Waals surface area (Å²) >= 11 is 3.52. The number of anilines is 2. The fourth-order valence-corrected chi connectivity index (χ4v) is 3.13. The maximum Gasteiger partial charge on any atom is 0.257 e. The number of nitrogens with one attached hydrogen (secondary N) is 1. The number of carbonyl (C=O) groups is 1. The number of amides is 1. The molecule has 1 aliphatic heterocycles. The second-order valence-corrected chi connectivity index (χ2v) is 6.85. The van der Waals surface area contributed by atoms with Gasteiger partial charge in [-0.2, -0.15) is 0 Å². The van der Waals surface area contributed by atoms with Gasteiger partial charge in [0, 0.05) is 43.0 Å². The Morgan fingerprint density at radius 2 is 1.83 bits per heavy atom. The largest absolute Gasteiger partial charge is 0.336 e. The zero-order valence-corrected chi connectivity index (χ0v) is 15.4. The van der Waals surface area contributed by atoms with Gasteiger partial charge >= 0.3 is 0 Å². The first-order chi connectivity index (χ1) is 11.5. The van der Waals surface area contributed by atoms with E-state index in [0.29, 0.717) is 11.5 Å². The molecule has 1 aliphatic rings. The highest BCUT2D eigenvalue weighted by molar-refractivity contribution is 9.10. The van der Waals surface area contributed by atoms with Crippen molar-refractivity contribution in [3.63, 3.8) is 0 Å². The Morgan fingerprint density at radius 3 is 2.46 bits per heavy atom. The van der Waals surface area contributed by atoms with Crippen LogP contribution in [0.3, 0.4) is 0 Å². The van der Waals surface area contributed by atoms with Gasteiger partial charge in [-0.3, -0.25) is 4.79 Å². The number of nitrogens with zero attached hydrogens (tertiary/aromatic N) is 4. The molecule has 1 fully saturated rings. The van der Waals surface area contributed by atoms with Gasteiger partial charge in [-0.25, -0.2) is 9.97 Å². The summed E-state index contributed by atoms with van der Waals surface area (Å²) in [5, 5.41) is 3.15. The molecular weight excluding hydrogens is 370 g/mol. The molecule has 1 N–H and O–H groups in total. The minimum absolute atomic E-state index is 0.00818. The third-order valence-corrected chi connectivity index (χ3v) is 4.72. The zero-order chi connectivity index (χ0) is 17.1. The van der Waals surface area contributed by atoms with Gasteiger partial charge in [0.1, 0.15) is 0 Å². The van der Waals surface area contributed by atoms with E-state index in [1.54, 1.807) is 12.4 Å². The standard InChI is InChI=1S/C17H20BrN5O/c1-12-3-4-15(14(18)9-12)21-17-19-10-13(11-20-17)16(24)23-7-5-22(2)6-8-23/h3-4,9-11H,5-8H2,1-2H3,(H,19,20,21). The van der Waals surface area contributed by atoms with Gasteiger partial charge in [0.25, 0.3) is 5.91 Å². The van der Waals surface area contributed by atoms with E-state index in [1.165, 1.54) is 5.56 Å². The second kappa shape index (κ2) is 7.27. The molecule has 2 aromatic rings. The molecule has 0 radical (unpaired) electrons. The third-order valence-electron chi connectivity index (χ3n) is 4.06. The highest BCUT2D eigenvalue weighted by Crippen LogP contribution is 2.25. The molecule has 1 saturated heterocycles. The summed E-state index contributed by atoms with van der Waals surface area (Å²) in [4.78, 5) is 25.1. The fourth-order valence-electron chi connectivity index (χ4n) is 2.54. The topological polar surface area (TPSA) is 61.4 Å². The van der Waals surface area contributed by atoms with Gasteiger partial charge < -0.3 is 15.1 Å². The van der Waals surface area contributed by atoms with Gasteiger partial charge in [0.15, 0.2) is 0 Å². The molecule has 0 bridgehead atoms. The molecule has 2 heterocycles. The lowest BCUT2D eigenvalue weighted by Gasteiger charge is -2.32. The van der Waals surface area contributed by atoms with Crippen molar-refractivity contribution >= 4 is 33.5 Å². The molecule has 7 heteroatoms. The van der Waals surface area contributed by atoms with Crippen LogP contribution in [0.5, 0.6) is 0 Å². The number of aromatic nitrogens is 2. The second-order valence-electron chi connectivity index (χ2n) is 6.00. The van der Waals surface area contributed by atoms with E-state index in [9.17, 15) is 4.79 Å². The van der Waals surface area contributed by atoms with Crippen LogP contribution in [0.15, 0.2) is 35.1 Å². The van der Waals surface area contributed by atoms with Crippen LogP contribution in [0, 0.1) is 6.92 Å². The molecule has 1 aromatic carbocycles. The smallest absolute Gasteiger partial charge is 0.257 e. The molecule has 24 heavy (non-hydrogen) atoms. The lowest BCUT2D eigenvalue weighted by Crippen LogP contribution is -2.47. The summed E-state index contributed by atoms with van der Waals surface area (Å²) in [5.41, 5.74) is 2.58. The molecule has 1 aromatic heterocycles. The maximum absolute atomic E-state index is 12.5. The van der Waals surface area contributed by atoms with E-state index in [0.717, 1.165) is 36.3 Å². The summed E-state index contributed by atoms with van der Waals surface area (Å²) in [6.07, 6.45) is 3.16. The number of rotatable bonds is 3. The number of benzene rings is 1. The van der Waals surface area contributed by atoms with E-state index >= 15 is 0 Å². The van der Waals surface area contributed by atoms with Crippen molar-refractivity contribution in [1.29, 1.82) is 0 Å². The zero-order valence-electron chi connectivity index (χ0n) is 13.8. The van der Waals surface area contributed by atoms with Gasteiger partial charge in [-0.15, -0.1) is 0 Å². The SMILES string of the molecule is Cc1ccc(Nc2ncc(C(=O)N3CCN(C)CC3)cn2)c(Br)c1. The van der Waals surface area contributed by atoms with Crippen LogP contribution in [0.4, 0.5) is 11.6 Å². The quantitative estimate of drug-likeness (QED) is 0.873. The Morgan fingerprint density at radius 1 is 1.17 bits per heavy atom. The predicted molar refractivity (Wildman–Crippen MR) is 97.6 cm³/mol. The molecule has 0 spiro atoms. The van der Waals surface area contributed by atoms with Gasteiger partial charge in [0.2, 0.25) is 5.95 Å². The molecule has 0 aliphatic carbocycles. The van der Waals surface area contributed by atoms with Gasteiger partial charge in [0.05, 0.1) is 11.3 Å². The Balaban J connectivity index is 1.68. The van der Waals surface area contributed by atoms with Crippen LogP contribution in [-0.2, 0) is 0 Å². The molecule has 0 atom stereocenters. The van der Waals surface area contributed by atoms with Gasteiger partial charge in [-0.05, 0) is 47.6 Å². The predicted octanol–water partition coefficient (Wildman–Crippen LogP) is 2.68. The number of carbonyl (C=O) groups excluding carboxylic acids is 1. The van der Waals surface area contributed by atoms with Crippen LogP contribution in [0.25, 0.3) is 0 Å². The van der Waals surface area contributed by atoms with Crippen molar-refractivity contribution in [2.24, 2.45) is 0 Å². The summed E-state index contributed by atoms with van der Waals surface area (Å²) in [7, 11) is 2.06. The number of hydrogen-bond donors (Lipinski definition) is 1. The maximum atomic E-state index is 12.5. The average molecular weight is 390 g/mol. The number of aryl methyl sites for hydroxylation is 1. The molecule has 0 saturated carbocycles. The van der Waals surface area contributed by atoms with Gasteiger partial charge in [-0.1, -0.05) is 6.07 Å². The van der Waals surface area contributed by atoms with E-state index in [2.05, 4.69) is 43.2 Å². The van der Waals surface area contributed by atoms with E-state index in [4.69, 9.17) is 0 Å².